The Morgan fingerprint density at radius 3 is 2.29 bits per heavy atom. The number of aromatic amines is 1. The molecule has 0 spiro atoms. The van der Waals surface area contributed by atoms with Gasteiger partial charge in [0.25, 0.3) is 0 Å². The smallest absolute Gasteiger partial charge is 0.418 e. The van der Waals surface area contributed by atoms with Crippen LogP contribution in [0.1, 0.15) is 79.7 Å². The number of ether oxygens (including phenoxy) is 1. The Bertz CT molecular complexity index is 2210. The minimum Gasteiger partial charge on any atom is -0.496 e. The Labute approximate surface area is 338 Å². The largest absolute Gasteiger partial charge is 0.496 e. The first-order valence-corrected chi connectivity index (χ1v) is 19.4. The number of nitrogens with one attached hydrogen (secondary N) is 5. The number of hydrogen-bond acceptors (Lipinski definition) is 6. The van der Waals surface area contributed by atoms with E-state index in [2.05, 4.69) is 26.3 Å². The second kappa shape index (κ2) is 18.0. The molecule has 4 aromatic rings. The number of aromatic carboxylic acids is 1. The third kappa shape index (κ3) is 9.43. The van der Waals surface area contributed by atoms with Crippen LogP contribution in [-0.2, 0) is 39.8 Å². The maximum absolute atomic E-state index is 14.9. The standard InChI is InChI=1S/C42H47F4N5O6S/c1-6-22(3)34(49-33(52)19-24-11-8-9-14-30(24)43)37(53)51-41(18-17-31-28(21-41)26-12-10-13-29(36(26)48-31)42(44,45)46)40(56)50-35(23(4)7-2)38(58)47-25-15-16-32(57-5)27(20-25)39(54)55/h8-16,20,22-23,34-35,48H,6-7,17-19,21H2,1-5H3,(H,47,58)(H,49,52)(H,50,56)(H,51,53)(H,54,55)/t22?,23?,34?,35?,41-/m0/s1. The van der Waals surface area contributed by atoms with E-state index in [9.17, 15) is 41.8 Å². The third-order valence-electron chi connectivity index (χ3n) is 11.0. The molecule has 5 atom stereocenters. The molecule has 1 aliphatic carbocycles. The number of benzene rings is 3. The summed E-state index contributed by atoms with van der Waals surface area (Å²) < 4.78 is 62.0. The first kappa shape index (κ1) is 43.6. The van der Waals surface area contributed by atoms with Crippen LogP contribution in [-0.4, -0.2) is 63.5 Å². The number of carboxylic acids is 1. The van der Waals surface area contributed by atoms with Crippen molar-refractivity contribution in [2.75, 3.05) is 12.4 Å². The number of thiocarbonyl (C=S) groups is 1. The number of aryl methyl sites for hydroxylation is 1. The number of aromatic nitrogens is 1. The van der Waals surface area contributed by atoms with Crippen LogP contribution >= 0.6 is 12.2 Å². The van der Waals surface area contributed by atoms with Crippen molar-refractivity contribution in [3.8, 4) is 5.75 Å². The van der Waals surface area contributed by atoms with Crippen molar-refractivity contribution in [1.29, 1.82) is 0 Å². The zero-order chi connectivity index (χ0) is 42.5. The van der Waals surface area contributed by atoms with Crippen LogP contribution in [0.2, 0.25) is 0 Å². The number of carboxylic acid groups (broad SMARTS) is 1. The van der Waals surface area contributed by atoms with Gasteiger partial charge in [0.1, 0.15) is 33.7 Å². The molecule has 4 unspecified atom stereocenters. The molecule has 58 heavy (non-hydrogen) atoms. The van der Waals surface area contributed by atoms with Gasteiger partial charge in [0.05, 0.1) is 30.7 Å². The van der Waals surface area contributed by atoms with E-state index in [0.717, 1.165) is 6.07 Å². The Morgan fingerprint density at radius 1 is 0.966 bits per heavy atom. The number of hydrogen-bond donors (Lipinski definition) is 6. The zero-order valence-corrected chi connectivity index (χ0v) is 33.6. The number of rotatable bonds is 15. The van der Waals surface area contributed by atoms with Crippen LogP contribution in [0.15, 0.2) is 60.7 Å². The average Bonchev–Trinajstić information content (AvgIpc) is 3.56. The fraction of sp³-hybridized carbons (Fsp3) is 0.405. The fourth-order valence-corrected chi connectivity index (χ4v) is 7.68. The van der Waals surface area contributed by atoms with E-state index < -0.39 is 64.8 Å². The zero-order valence-electron chi connectivity index (χ0n) is 32.7. The molecule has 5 rings (SSSR count). The highest BCUT2D eigenvalue weighted by Crippen LogP contribution is 2.40. The normalized spacial score (nSPS) is 17.3. The number of halogens is 4. The van der Waals surface area contributed by atoms with E-state index in [-0.39, 0.29) is 64.4 Å². The molecule has 310 valence electrons. The summed E-state index contributed by atoms with van der Waals surface area (Å²) in [5, 5.41) is 21.7. The summed E-state index contributed by atoms with van der Waals surface area (Å²) in [5.74, 6) is -4.41. The number of para-hydroxylation sites is 1. The van der Waals surface area contributed by atoms with Crippen molar-refractivity contribution < 1.29 is 46.6 Å². The van der Waals surface area contributed by atoms with Gasteiger partial charge >= 0.3 is 12.1 Å². The van der Waals surface area contributed by atoms with Gasteiger partial charge in [0, 0.05) is 23.2 Å². The Hall–Kier alpha value is -5.51. The molecule has 0 aliphatic heterocycles. The van der Waals surface area contributed by atoms with E-state index in [1.54, 1.807) is 19.1 Å². The second-order valence-electron chi connectivity index (χ2n) is 14.8. The third-order valence-corrected chi connectivity index (χ3v) is 11.4. The van der Waals surface area contributed by atoms with E-state index >= 15 is 0 Å². The second-order valence-corrected chi connectivity index (χ2v) is 15.2. The molecule has 3 aromatic carbocycles. The Morgan fingerprint density at radius 2 is 1.66 bits per heavy atom. The van der Waals surface area contributed by atoms with Crippen LogP contribution in [0.25, 0.3) is 10.9 Å². The number of H-pyrrole nitrogens is 1. The topological polar surface area (TPSA) is 162 Å². The number of anilines is 1. The predicted molar refractivity (Wildman–Crippen MR) is 215 cm³/mol. The van der Waals surface area contributed by atoms with Gasteiger partial charge in [0.15, 0.2) is 0 Å². The van der Waals surface area contributed by atoms with Crippen LogP contribution in [0.4, 0.5) is 23.2 Å². The number of amides is 3. The summed E-state index contributed by atoms with van der Waals surface area (Å²) in [5.41, 5.74) is -1.51. The number of alkyl halides is 3. The molecule has 1 heterocycles. The summed E-state index contributed by atoms with van der Waals surface area (Å²) in [6, 6.07) is 11.9. The van der Waals surface area contributed by atoms with Crippen LogP contribution in [0.3, 0.4) is 0 Å². The highest BCUT2D eigenvalue weighted by atomic mass is 32.1. The molecule has 0 bridgehead atoms. The van der Waals surface area contributed by atoms with Gasteiger partial charge in [-0.2, -0.15) is 13.2 Å². The van der Waals surface area contributed by atoms with Crippen molar-refractivity contribution in [2.24, 2.45) is 11.8 Å². The van der Waals surface area contributed by atoms with Gasteiger partial charge in [-0.05, 0) is 66.1 Å². The number of methoxy groups -OCH3 is 1. The maximum Gasteiger partial charge on any atom is 0.418 e. The van der Waals surface area contributed by atoms with Gasteiger partial charge < -0.3 is 36.1 Å². The van der Waals surface area contributed by atoms with Crippen molar-refractivity contribution in [2.45, 2.75) is 90.0 Å². The molecular weight excluding hydrogens is 779 g/mol. The van der Waals surface area contributed by atoms with Crippen molar-refractivity contribution >= 4 is 57.5 Å². The first-order chi connectivity index (χ1) is 27.4. The molecule has 11 nitrogen and oxygen atoms in total. The lowest BCUT2D eigenvalue weighted by molar-refractivity contribution is -0.137. The number of carbonyl (C=O) groups excluding carboxylic acids is 3. The lowest BCUT2D eigenvalue weighted by atomic mass is 9.78. The Kier molecular flexibility index (Phi) is 13.5. The minimum atomic E-state index is -4.67. The van der Waals surface area contributed by atoms with Crippen molar-refractivity contribution in [1.82, 2.24) is 20.9 Å². The molecule has 0 fully saturated rings. The van der Waals surface area contributed by atoms with Crippen LogP contribution < -0.4 is 26.0 Å². The summed E-state index contributed by atoms with van der Waals surface area (Å²) in [6.07, 6.45) is -4.19. The molecule has 6 N–H and O–H groups in total. The van der Waals surface area contributed by atoms with E-state index in [0.29, 0.717) is 29.8 Å². The lowest BCUT2D eigenvalue weighted by Crippen LogP contribution is -2.67. The summed E-state index contributed by atoms with van der Waals surface area (Å²) >= 11 is 5.80. The maximum atomic E-state index is 14.9. The summed E-state index contributed by atoms with van der Waals surface area (Å²) in [6.45, 7) is 7.30. The average molecular weight is 826 g/mol. The number of carbonyl (C=O) groups is 4. The van der Waals surface area contributed by atoms with Gasteiger partial charge in [-0.1, -0.05) is 83.1 Å². The van der Waals surface area contributed by atoms with Crippen LogP contribution in [0.5, 0.6) is 5.75 Å². The molecule has 1 aromatic heterocycles. The van der Waals surface area contributed by atoms with Gasteiger partial charge in [-0.25, -0.2) is 9.18 Å². The van der Waals surface area contributed by atoms with E-state index in [1.165, 1.54) is 49.6 Å². The molecule has 3 amide bonds. The predicted octanol–water partition coefficient (Wildman–Crippen LogP) is 7.12. The fourth-order valence-electron chi connectivity index (χ4n) is 7.27. The summed E-state index contributed by atoms with van der Waals surface area (Å²) in [7, 11) is 1.34. The summed E-state index contributed by atoms with van der Waals surface area (Å²) in [4.78, 5) is 57.6. The van der Waals surface area contributed by atoms with E-state index in [1.807, 2.05) is 20.8 Å². The SMILES string of the molecule is CCC(C)C(NC(=O)Cc1ccccc1F)C(=O)N[C@@]1(C(=O)NC(C(=S)Nc2ccc(OC)c(C(=O)O)c2)C(C)CC)CCc2[nH]c3c(C(F)(F)F)cccc3c2C1. The highest BCUT2D eigenvalue weighted by molar-refractivity contribution is 7.80. The number of fused-ring (bicyclic) bond motifs is 3. The van der Waals surface area contributed by atoms with Gasteiger partial charge in [-0.15, -0.1) is 0 Å². The highest BCUT2D eigenvalue weighted by Gasteiger charge is 2.47. The van der Waals surface area contributed by atoms with Crippen molar-refractivity contribution in [3.63, 3.8) is 0 Å². The lowest BCUT2D eigenvalue weighted by Gasteiger charge is -2.40. The Balaban J connectivity index is 1.52. The molecular formula is C42H47F4N5O6S. The van der Waals surface area contributed by atoms with Crippen LogP contribution in [0, 0.1) is 17.7 Å². The quantitative estimate of drug-likeness (QED) is 0.0546. The van der Waals surface area contributed by atoms with Gasteiger partial charge in [0.2, 0.25) is 17.7 Å². The molecule has 1 aliphatic rings. The monoisotopic (exact) mass is 825 g/mol. The molecule has 0 saturated heterocycles. The van der Waals surface area contributed by atoms with Crippen molar-refractivity contribution in [3.05, 3.63) is 94.4 Å². The minimum absolute atomic E-state index is 0.0317. The molecule has 0 radical (unpaired) electrons. The first-order valence-electron chi connectivity index (χ1n) is 19.0. The van der Waals surface area contributed by atoms with Gasteiger partial charge in [-0.3, -0.25) is 14.4 Å². The molecule has 0 saturated carbocycles. The van der Waals surface area contributed by atoms with E-state index in [4.69, 9.17) is 17.0 Å². The molecule has 16 heteroatoms.